The number of hydrogen-bond acceptors (Lipinski definition) is 5. The van der Waals surface area contributed by atoms with Crippen LogP contribution in [0, 0.1) is 5.41 Å². The molecule has 0 unspecified atom stereocenters. The van der Waals surface area contributed by atoms with E-state index in [9.17, 15) is 9.90 Å². The number of aromatic nitrogens is 2. The fraction of sp³-hybridized carbons (Fsp3) is 0.367. The maximum Gasteiger partial charge on any atom is 0.335 e. The van der Waals surface area contributed by atoms with Crippen LogP contribution in [0.5, 0.6) is 0 Å². The molecule has 8 rings (SSSR count). The van der Waals surface area contributed by atoms with Gasteiger partial charge in [0.1, 0.15) is 11.5 Å². The molecule has 194 valence electrons. The van der Waals surface area contributed by atoms with Gasteiger partial charge in [-0.05, 0) is 87.1 Å². The fourth-order valence-electron chi connectivity index (χ4n) is 6.35. The van der Waals surface area contributed by atoms with Crippen molar-refractivity contribution in [3.05, 3.63) is 74.4 Å². The van der Waals surface area contributed by atoms with Crippen molar-refractivity contribution in [2.75, 3.05) is 0 Å². The molecule has 1 N–H and O–H groups in total. The number of rotatable bonds is 6. The topological polar surface area (TPSA) is 76.2 Å². The summed E-state index contributed by atoms with van der Waals surface area (Å²) in [7, 11) is 0. The van der Waals surface area contributed by atoms with Gasteiger partial charge in [-0.3, -0.25) is 0 Å². The van der Waals surface area contributed by atoms with E-state index in [-0.39, 0.29) is 10.8 Å². The zero-order valence-corrected chi connectivity index (χ0v) is 23.0. The lowest BCUT2D eigenvalue weighted by Gasteiger charge is -2.51. The van der Waals surface area contributed by atoms with Crippen molar-refractivity contribution < 1.29 is 14.4 Å². The van der Waals surface area contributed by atoms with Crippen LogP contribution in [0.1, 0.15) is 84.0 Å². The number of halogens is 2. The minimum Gasteiger partial charge on any atom is -0.478 e. The second-order valence-electron chi connectivity index (χ2n) is 11.2. The zero-order valence-electron chi connectivity index (χ0n) is 20.7. The van der Waals surface area contributed by atoms with Gasteiger partial charge < -0.3 is 9.63 Å². The number of aromatic carboxylic acids is 1. The number of allylic oxidation sites excluding steroid dienone is 1. The average molecular weight is 566 g/mol. The molecule has 0 amide bonds. The molecule has 2 aromatic carbocycles. The van der Waals surface area contributed by atoms with Gasteiger partial charge in [0.25, 0.3) is 0 Å². The Kier molecular flexibility index (Phi) is 5.73. The van der Waals surface area contributed by atoms with Crippen molar-refractivity contribution in [2.45, 2.75) is 62.7 Å². The number of nitrogens with zero attached hydrogens (tertiary/aromatic N) is 2. The molecular formula is C30H26Cl2N2O3S. The molecule has 4 fully saturated rings. The van der Waals surface area contributed by atoms with E-state index < -0.39 is 5.97 Å². The molecular weight excluding hydrogens is 539 g/mol. The summed E-state index contributed by atoms with van der Waals surface area (Å²) in [6.07, 6.45) is 13.4. The maximum absolute atomic E-state index is 11.4. The van der Waals surface area contributed by atoms with Crippen LogP contribution in [-0.4, -0.2) is 21.2 Å². The van der Waals surface area contributed by atoms with Gasteiger partial charge in [0.2, 0.25) is 0 Å². The normalized spacial score (nSPS) is 25.0. The number of benzene rings is 2. The lowest BCUT2D eigenvalue weighted by atomic mass is 9.54. The van der Waals surface area contributed by atoms with E-state index >= 15 is 0 Å². The van der Waals surface area contributed by atoms with Gasteiger partial charge in [-0.2, -0.15) is 0 Å². The zero-order chi connectivity index (χ0) is 26.1. The van der Waals surface area contributed by atoms with Gasteiger partial charge in [0.15, 0.2) is 0 Å². The molecule has 2 aromatic heterocycles. The van der Waals surface area contributed by atoms with Gasteiger partial charge in [-0.25, -0.2) is 9.78 Å². The van der Waals surface area contributed by atoms with E-state index in [4.69, 9.17) is 32.7 Å². The minimum absolute atomic E-state index is 0.0925. The molecule has 0 radical (unpaired) electrons. The highest BCUT2D eigenvalue weighted by atomic mass is 35.5. The van der Waals surface area contributed by atoms with Gasteiger partial charge in [0.05, 0.1) is 30.8 Å². The second kappa shape index (κ2) is 8.94. The summed E-state index contributed by atoms with van der Waals surface area (Å²) in [5.41, 5.74) is 3.93. The molecule has 0 atom stereocenters. The number of carbonyl (C=O) groups is 1. The Morgan fingerprint density at radius 2 is 1.76 bits per heavy atom. The fourth-order valence-corrected chi connectivity index (χ4v) is 8.20. The third-order valence-electron chi connectivity index (χ3n) is 8.90. The smallest absolute Gasteiger partial charge is 0.335 e. The Morgan fingerprint density at radius 1 is 1.05 bits per heavy atom. The van der Waals surface area contributed by atoms with Crippen LogP contribution in [-0.2, 0) is 5.41 Å². The Balaban J connectivity index is 1.17. The van der Waals surface area contributed by atoms with Crippen molar-refractivity contribution in [1.29, 1.82) is 0 Å². The van der Waals surface area contributed by atoms with Crippen molar-refractivity contribution in [1.82, 2.24) is 10.1 Å². The molecule has 4 aliphatic rings. The standard InChI is InChI=1S/C30H26Cl2N2O3S/c31-20-2-1-3-21(32)24(20)25-19(26(37-34-25)17-4-5-17)8-9-29-10-13-30(14-11-29,15-12-29)28-33-22-7-6-18(27(35)36)16-23(22)38-28/h1-3,6-9,16-17H,4-5,10-15H2,(H,35,36)/b9-8+. The molecule has 4 aromatic rings. The lowest BCUT2D eigenvalue weighted by molar-refractivity contribution is 0.0697. The van der Waals surface area contributed by atoms with Crippen LogP contribution in [0.2, 0.25) is 10.0 Å². The predicted octanol–water partition coefficient (Wildman–Crippen LogP) is 9.14. The third-order valence-corrected chi connectivity index (χ3v) is 10.8. The first kappa shape index (κ1) is 24.4. The number of carboxylic acids is 1. The van der Waals surface area contributed by atoms with Gasteiger partial charge in [-0.1, -0.05) is 46.6 Å². The SMILES string of the molecule is O=C(O)c1ccc2nc(C34CCC(/C=C/c5c(-c6c(Cl)cccc6Cl)noc5C5CC5)(CC3)CC4)sc2c1. The second-order valence-corrected chi connectivity index (χ2v) is 13.0. The summed E-state index contributed by atoms with van der Waals surface area (Å²) >= 11 is 14.8. The highest BCUT2D eigenvalue weighted by Gasteiger charge is 2.49. The monoisotopic (exact) mass is 564 g/mol. The van der Waals surface area contributed by atoms with Crippen molar-refractivity contribution >= 4 is 56.8 Å². The Hall–Kier alpha value is -2.67. The van der Waals surface area contributed by atoms with Gasteiger partial charge in [0, 0.05) is 22.5 Å². The van der Waals surface area contributed by atoms with Gasteiger partial charge >= 0.3 is 5.97 Å². The molecule has 0 saturated heterocycles. The van der Waals surface area contributed by atoms with E-state index in [1.165, 1.54) is 0 Å². The van der Waals surface area contributed by atoms with Crippen molar-refractivity contribution in [3.8, 4) is 11.3 Å². The predicted molar refractivity (Wildman–Crippen MR) is 151 cm³/mol. The van der Waals surface area contributed by atoms with Crippen LogP contribution in [0.15, 0.2) is 47.0 Å². The van der Waals surface area contributed by atoms with Crippen LogP contribution in [0.25, 0.3) is 27.6 Å². The molecule has 38 heavy (non-hydrogen) atoms. The number of fused-ring (bicyclic) bond motifs is 4. The van der Waals surface area contributed by atoms with Gasteiger partial charge in [-0.15, -0.1) is 11.3 Å². The quantitative estimate of drug-likeness (QED) is 0.252. The highest BCUT2D eigenvalue weighted by Crippen LogP contribution is 2.59. The first-order valence-electron chi connectivity index (χ1n) is 13.1. The summed E-state index contributed by atoms with van der Waals surface area (Å²) in [5.74, 6) is 0.463. The highest BCUT2D eigenvalue weighted by molar-refractivity contribution is 7.18. The van der Waals surface area contributed by atoms with Crippen LogP contribution in [0.4, 0.5) is 0 Å². The maximum atomic E-state index is 11.4. The molecule has 5 nitrogen and oxygen atoms in total. The first-order chi connectivity index (χ1) is 18.4. The summed E-state index contributed by atoms with van der Waals surface area (Å²) in [5, 5.41) is 16.1. The molecule has 2 heterocycles. The largest absolute Gasteiger partial charge is 0.478 e. The van der Waals surface area contributed by atoms with E-state index in [2.05, 4.69) is 17.3 Å². The lowest BCUT2D eigenvalue weighted by Crippen LogP contribution is -2.43. The molecule has 4 saturated carbocycles. The molecule has 0 spiro atoms. The Bertz CT molecular complexity index is 1570. The van der Waals surface area contributed by atoms with Crippen LogP contribution < -0.4 is 0 Å². The van der Waals surface area contributed by atoms with E-state index in [0.717, 1.165) is 89.2 Å². The molecule has 0 aliphatic heterocycles. The van der Waals surface area contributed by atoms with Crippen molar-refractivity contribution in [3.63, 3.8) is 0 Å². The number of thiazole rings is 1. The Morgan fingerprint density at radius 3 is 2.42 bits per heavy atom. The van der Waals surface area contributed by atoms with Crippen LogP contribution in [0.3, 0.4) is 0 Å². The average Bonchev–Trinajstić information content (AvgIpc) is 3.53. The van der Waals surface area contributed by atoms with Crippen LogP contribution >= 0.6 is 34.5 Å². The van der Waals surface area contributed by atoms with E-state index in [1.807, 2.05) is 24.3 Å². The third kappa shape index (κ3) is 4.00. The van der Waals surface area contributed by atoms with E-state index in [1.54, 1.807) is 23.5 Å². The molecule has 2 bridgehead atoms. The number of hydrogen-bond donors (Lipinski definition) is 1. The summed E-state index contributed by atoms with van der Waals surface area (Å²) in [6.45, 7) is 0. The summed E-state index contributed by atoms with van der Waals surface area (Å²) in [6, 6.07) is 10.8. The number of carboxylic acid groups (broad SMARTS) is 1. The van der Waals surface area contributed by atoms with Crippen molar-refractivity contribution in [2.24, 2.45) is 5.41 Å². The molecule has 4 aliphatic carbocycles. The van der Waals surface area contributed by atoms with E-state index in [0.29, 0.717) is 21.5 Å². The summed E-state index contributed by atoms with van der Waals surface area (Å²) < 4.78 is 6.82. The minimum atomic E-state index is -0.899. The molecule has 8 heteroatoms. The first-order valence-corrected chi connectivity index (χ1v) is 14.7. The Labute approximate surface area is 234 Å². The summed E-state index contributed by atoms with van der Waals surface area (Å²) in [4.78, 5) is 16.4.